The first-order valence-electron chi connectivity index (χ1n) is 10.4. The van der Waals surface area contributed by atoms with Crippen molar-refractivity contribution in [2.75, 3.05) is 11.1 Å². The Morgan fingerprint density at radius 3 is 2.69 bits per heavy atom. The molecule has 0 fully saturated rings. The topological polar surface area (TPSA) is 69.0 Å². The molecule has 0 radical (unpaired) electrons. The van der Waals surface area contributed by atoms with Gasteiger partial charge in [0, 0.05) is 7.05 Å². The number of aromatic nitrogens is 3. The summed E-state index contributed by atoms with van der Waals surface area (Å²) in [5, 5.41) is 13.3. The van der Waals surface area contributed by atoms with Crippen LogP contribution >= 0.6 is 23.4 Å². The number of amides is 1. The van der Waals surface area contributed by atoms with E-state index in [1.54, 1.807) is 11.6 Å². The van der Waals surface area contributed by atoms with E-state index in [0.717, 1.165) is 52.0 Å². The highest BCUT2D eigenvalue weighted by Crippen LogP contribution is 2.34. The number of alkyl halides is 3. The van der Waals surface area contributed by atoms with Gasteiger partial charge >= 0.3 is 6.18 Å². The van der Waals surface area contributed by atoms with Gasteiger partial charge in [-0.05, 0) is 47.5 Å². The molecule has 0 atom stereocenters. The van der Waals surface area contributed by atoms with E-state index in [0.29, 0.717) is 11.0 Å². The third-order valence-corrected chi connectivity index (χ3v) is 6.68. The Bertz CT molecular complexity index is 1390. The Hall–Kier alpha value is -3.24. The number of benzene rings is 3. The molecular formula is C24H20ClF3N4O2S. The maximum absolute atomic E-state index is 12.9. The third kappa shape index (κ3) is 5.71. The van der Waals surface area contributed by atoms with E-state index < -0.39 is 17.6 Å². The SMILES string of the molecule is Cc1c(OCc2nnc(SCC(=O)Nc3cc(C(F)(F)F)ccc3Cl)n2C)ccc2ccccc12. The van der Waals surface area contributed by atoms with Crippen molar-refractivity contribution in [3.8, 4) is 5.75 Å². The van der Waals surface area contributed by atoms with Gasteiger partial charge in [-0.25, -0.2) is 0 Å². The van der Waals surface area contributed by atoms with Crippen LogP contribution in [0.1, 0.15) is 17.0 Å². The van der Waals surface area contributed by atoms with E-state index in [4.69, 9.17) is 16.3 Å². The maximum atomic E-state index is 12.9. The Balaban J connectivity index is 1.37. The van der Waals surface area contributed by atoms with Crippen molar-refractivity contribution in [2.45, 2.75) is 24.9 Å². The van der Waals surface area contributed by atoms with E-state index in [9.17, 15) is 18.0 Å². The number of nitrogens with zero attached hydrogens (tertiary/aromatic N) is 3. The van der Waals surface area contributed by atoms with Crippen LogP contribution in [0.15, 0.2) is 59.8 Å². The Morgan fingerprint density at radius 1 is 1.14 bits per heavy atom. The molecule has 1 heterocycles. The molecule has 0 aliphatic heterocycles. The molecule has 0 saturated carbocycles. The lowest BCUT2D eigenvalue weighted by Crippen LogP contribution is -2.16. The number of fused-ring (bicyclic) bond motifs is 1. The number of carbonyl (C=O) groups is 1. The van der Waals surface area contributed by atoms with E-state index in [2.05, 4.69) is 15.5 Å². The Labute approximate surface area is 208 Å². The summed E-state index contributed by atoms with van der Waals surface area (Å²) in [6, 6.07) is 14.7. The van der Waals surface area contributed by atoms with Gasteiger partial charge < -0.3 is 14.6 Å². The lowest BCUT2D eigenvalue weighted by atomic mass is 10.0. The highest BCUT2D eigenvalue weighted by atomic mass is 35.5. The van der Waals surface area contributed by atoms with E-state index in [-0.39, 0.29) is 23.1 Å². The van der Waals surface area contributed by atoms with Crippen molar-refractivity contribution in [1.29, 1.82) is 0 Å². The minimum Gasteiger partial charge on any atom is -0.485 e. The van der Waals surface area contributed by atoms with Gasteiger partial charge in [-0.15, -0.1) is 10.2 Å². The number of ether oxygens (including phenoxy) is 1. The van der Waals surface area contributed by atoms with Crippen LogP contribution in [0.5, 0.6) is 5.75 Å². The molecule has 35 heavy (non-hydrogen) atoms. The molecular weight excluding hydrogens is 501 g/mol. The molecule has 3 aromatic carbocycles. The molecule has 0 bridgehead atoms. The van der Waals surface area contributed by atoms with Gasteiger partial charge in [0.15, 0.2) is 11.0 Å². The first-order valence-corrected chi connectivity index (χ1v) is 11.8. The highest BCUT2D eigenvalue weighted by molar-refractivity contribution is 7.99. The van der Waals surface area contributed by atoms with Gasteiger partial charge in [-0.3, -0.25) is 4.79 Å². The monoisotopic (exact) mass is 520 g/mol. The molecule has 0 spiro atoms. The van der Waals surface area contributed by atoms with E-state index >= 15 is 0 Å². The standard InChI is InChI=1S/C24H20ClF3N4O2S/c1-14-17-6-4-3-5-15(17)7-10-20(14)34-12-21-30-31-23(32(21)2)35-13-22(33)29-19-11-16(24(26,27)28)8-9-18(19)25/h3-11H,12-13H2,1-2H3,(H,29,33). The number of nitrogens with one attached hydrogen (secondary N) is 1. The first-order chi connectivity index (χ1) is 16.6. The van der Waals surface area contributed by atoms with Gasteiger partial charge in [-0.1, -0.05) is 53.7 Å². The van der Waals surface area contributed by atoms with Crippen molar-refractivity contribution in [3.05, 3.63) is 76.6 Å². The van der Waals surface area contributed by atoms with Crippen molar-refractivity contribution in [1.82, 2.24) is 14.8 Å². The van der Waals surface area contributed by atoms with E-state index in [1.165, 1.54) is 0 Å². The second-order valence-electron chi connectivity index (χ2n) is 7.69. The number of halogens is 4. The zero-order chi connectivity index (χ0) is 25.2. The summed E-state index contributed by atoms with van der Waals surface area (Å²) in [5.41, 5.74) is 0.0131. The molecule has 11 heteroatoms. The molecule has 6 nitrogen and oxygen atoms in total. The fourth-order valence-electron chi connectivity index (χ4n) is 3.42. The molecule has 182 valence electrons. The number of carbonyl (C=O) groups excluding carboxylic acids is 1. The molecule has 4 aromatic rings. The van der Waals surface area contributed by atoms with Crippen LogP contribution in [0.4, 0.5) is 18.9 Å². The number of rotatable bonds is 7. The number of anilines is 1. The predicted octanol–water partition coefficient (Wildman–Crippen LogP) is 6.26. The maximum Gasteiger partial charge on any atom is 0.416 e. The summed E-state index contributed by atoms with van der Waals surface area (Å²) in [4.78, 5) is 12.3. The van der Waals surface area contributed by atoms with Crippen LogP contribution in [0.2, 0.25) is 5.02 Å². The smallest absolute Gasteiger partial charge is 0.416 e. The zero-order valence-corrected chi connectivity index (χ0v) is 20.3. The lowest BCUT2D eigenvalue weighted by molar-refractivity contribution is -0.137. The fourth-order valence-corrected chi connectivity index (χ4v) is 4.31. The molecule has 0 aliphatic carbocycles. The van der Waals surface area contributed by atoms with Crippen molar-refractivity contribution in [2.24, 2.45) is 7.05 Å². The number of hydrogen-bond acceptors (Lipinski definition) is 5. The highest BCUT2D eigenvalue weighted by Gasteiger charge is 2.31. The molecule has 0 aliphatic rings. The van der Waals surface area contributed by atoms with Crippen LogP contribution in [0, 0.1) is 6.92 Å². The Kier molecular flexibility index (Phi) is 7.23. The summed E-state index contributed by atoms with van der Waals surface area (Å²) in [7, 11) is 1.75. The predicted molar refractivity (Wildman–Crippen MR) is 130 cm³/mol. The van der Waals surface area contributed by atoms with Gasteiger partial charge in [0.1, 0.15) is 12.4 Å². The minimum absolute atomic E-state index is 0.0124. The van der Waals surface area contributed by atoms with Gasteiger partial charge in [0.2, 0.25) is 5.91 Å². The lowest BCUT2D eigenvalue weighted by Gasteiger charge is -2.12. The van der Waals surface area contributed by atoms with Crippen molar-refractivity contribution < 1.29 is 22.7 Å². The largest absolute Gasteiger partial charge is 0.485 e. The van der Waals surface area contributed by atoms with E-state index in [1.807, 2.05) is 43.3 Å². The van der Waals surface area contributed by atoms with Crippen LogP contribution in [-0.2, 0) is 24.6 Å². The van der Waals surface area contributed by atoms with Crippen LogP contribution in [0.3, 0.4) is 0 Å². The third-order valence-electron chi connectivity index (χ3n) is 5.33. The molecule has 1 aromatic heterocycles. The summed E-state index contributed by atoms with van der Waals surface area (Å²) in [5.74, 6) is 0.673. The van der Waals surface area contributed by atoms with Crippen LogP contribution in [-0.4, -0.2) is 26.4 Å². The zero-order valence-electron chi connectivity index (χ0n) is 18.7. The van der Waals surface area contributed by atoms with Gasteiger partial charge in [0.25, 0.3) is 0 Å². The summed E-state index contributed by atoms with van der Waals surface area (Å²) < 4.78 is 46.4. The first kappa shape index (κ1) is 24.9. The Morgan fingerprint density at radius 2 is 1.91 bits per heavy atom. The average Bonchev–Trinajstić information content (AvgIpc) is 3.17. The normalized spacial score (nSPS) is 11.6. The molecule has 4 rings (SSSR count). The van der Waals surface area contributed by atoms with Crippen molar-refractivity contribution >= 4 is 45.7 Å². The van der Waals surface area contributed by atoms with Gasteiger partial charge in [0.05, 0.1) is 22.0 Å². The number of hydrogen-bond donors (Lipinski definition) is 1. The number of thioether (sulfide) groups is 1. The molecule has 0 saturated heterocycles. The summed E-state index contributed by atoms with van der Waals surface area (Å²) in [6.45, 7) is 2.17. The average molecular weight is 521 g/mol. The minimum atomic E-state index is -4.54. The molecule has 1 N–H and O–H groups in total. The van der Waals surface area contributed by atoms with Gasteiger partial charge in [-0.2, -0.15) is 13.2 Å². The molecule has 1 amide bonds. The summed E-state index contributed by atoms with van der Waals surface area (Å²) in [6.07, 6.45) is -4.54. The van der Waals surface area contributed by atoms with Crippen LogP contribution in [0.25, 0.3) is 10.8 Å². The second kappa shape index (κ2) is 10.2. The molecule has 0 unspecified atom stereocenters. The fraction of sp³-hybridized carbons (Fsp3) is 0.208. The van der Waals surface area contributed by atoms with Crippen molar-refractivity contribution in [3.63, 3.8) is 0 Å². The second-order valence-corrected chi connectivity index (χ2v) is 9.04. The summed E-state index contributed by atoms with van der Waals surface area (Å²) >= 11 is 7.03. The quantitative estimate of drug-likeness (QED) is 0.291. The van der Waals surface area contributed by atoms with Crippen LogP contribution < -0.4 is 10.1 Å². The number of aryl methyl sites for hydroxylation is 1.